The van der Waals surface area contributed by atoms with Gasteiger partial charge in [-0.25, -0.2) is 4.79 Å². The van der Waals surface area contributed by atoms with Gasteiger partial charge in [0.15, 0.2) is 0 Å². The fourth-order valence-corrected chi connectivity index (χ4v) is 8.08. The van der Waals surface area contributed by atoms with Crippen molar-refractivity contribution in [2.45, 2.75) is 115 Å². The number of aliphatic carboxylic acids is 1. The number of carbonyl (C=O) groups excluding carboxylic acids is 5. The number of amides is 5. The molecule has 5 amide bonds. The number of hydrogen-bond donors (Lipinski definition) is 8. The molecule has 4 aromatic carbocycles. The van der Waals surface area contributed by atoms with Crippen LogP contribution in [0.4, 0.5) is 0 Å². The van der Waals surface area contributed by atoms with Gasteiger partial charge in [0, 0.05) is 43.1 Å². The molecule has 5 rings (SSSR count). The van der Waals surface area contributed by atoms with Crippen molar-refractivity contribution in [3.8, 4) is 33.8 Å². The molecule has 0 saturated carbocycles. The number of phenolic OH excluding ortho intramolecular Hbond substituents is 2. The topological polar surface area (TPSA) is 240 Å². The van der Waals surface area contributed by atoms with Crippen LogP contribution in [0.3, 0.4) is 0 Å². The highest BCUT2D eigenvalue weighted by Gasteiger charge is 2.36. The van der Waals surface area contributed by atoms with Crippen molar-refractivity contribution in [2.75, 3.05) is 20.1 Å². The molecule has 352 valence electrons. The minimum atomic E-state index is -1.44. The molecular weight excluding hydrogens is 841 g/mol. The van der Waals surface area contributed by atoms with Crippen LogP contribution in [0.25, 0.3) is 22.3 Å². The SMILES string of the molecule is CCCCCCCCc1ccc(-c2ccc(C(=O)NCCC(=O)N[C@@H](CCCCN)C(=O)N(C)[C@@H]3C(=O)N[C@@H](C)C(=O)N[C@H](C(=O)O)Cc4ccc(O)c(c4)-c4cc3ccc4O)cc2)cc1. The molecule has 1 heterocycles. The number of unbranched alkanes of at least 4 members (excludes halogenated alkanes) is 6. The second kappa shape index (κ2) is 24.5. The van der Waals surface area contributed by atoms with Gasteiger partial charge in [0.1, 0.15) is 35.7 Å². The monoisotopic (exact) mass is 904 g/mol. The van der Waals surface area contributed by atoms with E-state index in [-0.39, 0.29) is 59.9 Å². The van der Waals surface area contributed by atoms with Crippen LogP contribution in [-0.4, -0.2) is 94.0 Å². The Hall–Kier alpha value is -6.74. The van der Waals surface area contributed by atoms with Gasteiger partial charge in [-0.15, -0.1) is 0 Å². The number of nitrogens with two attached hydrogens (primary N) is 1. The molecule has 0 aliphatic carbocycles. The Kier molecular flexibility index (Phi) is 18.7. The minimum Gasteiger partial charge on any atom is -0.507 e. The lowest BCUT2D eigenvalue weighted by atomic mass is 9.93. The molecule has 0 radical (unpaired) electrons. The van der Waals surface area contributed by atoms with Gasteiger partial charge in [-0.3, -0.25) is 24.0 Å². The number of benzene rings is 4. The Balaban J connectivity index is 1.26. The maximum absolute atomic E-state index is 14.4. The lowest BCUT2D eigenvalue weighted by Crippen LogP contribution is -2.54. The van der Waals surface area contributed by atoms with Gasteiger partial charge in [0.05, 0.1) is 0 Å². The second-order valence-corrected chi connectivity index (χ2v) is 17.0. The molecule has 1 aliphatic rings. The van der Waals surface area contributed by atoms with E-state index in [4.69, 9.17) is 5.73 Å². The second-order valence-electron chi connectivity index (χ2n) is 17.0. The molecule has 15 nitrogen and oxygen atoms in total. The average Bonchev–Trinajstić information content (AvgIpc) is 3.30. The van der Waals surface area contributed by atoms with E-state index in [0.29, 0.717) is 30.5 Å². The maximum Gasteiger partial charge on any atom is 0.326 e. The number of likely N-dealkylation sites (N-methyl/N-ethyl adjacent to an activating group) is 1. The van der Waals surface area contributed by atoms with E-state index in [2.05, 4.69) is 52.5 Å². The fraction of sp³-hybridized carbons (Fsp3) is 0.412. The molecule has 15 heteroatoms. The van der Waals surface area contributed by atoms with E-state index in [1.165, 1.54) is 94.5 Å². The van der Waals surface area contributed by atoms with E-state index in [1.54, 1.807) is 12.1 Å². The summed E-state index contributed by atoms with van der Waals surface area (Å²) in [4.78, 5) is 81.6. The zero-order valence-electron chi connectivity index (χ0n) is 38.1. The van der Waals surface area contributed by atoms with Gasteiger partial charge in [-0.05, 0) is 110 Å². The summed E-state index contributed by atoms with van der Waals surface area (Å²) in [6.45, 7) is 3.91. The van der Waals surface area contributed by atoms with Gasteiger partial charge < -0.3 is 47.2 Å². The van der Waals surface area contributed by atoms with E-state index < -0.39 is 53.8 Å². The number of carbonyl (C=O) groups is 6. The number of aryl methyl sites for hydroxylation is 1. The number of rotatable bonds is 20. The first-order chi connectivity index (χ1) is 31.7. The number of carboxylic acids is 1. The molecular formula is C51H64N6O9. The summed E-state index contributed by atoms with van der Waals surface area (Å²) in [7, 11) is 1.37. The third-order valence-corrected chi connectivity index (χ3v) is 11.9. The predicted octanol–water partition coefficient (Wildman–Crippen LogP) is 5.90. The fourth-order valence-electron chi connectivity index (χ4n) is 8.08. The summed E-state index contributed by atoms with van der Waals surface area (Å²) in [5.74, 6) is -5.00. The molecule has 4 bridgehead atoms. The summed E-state index contributed by atoms with van der Waals surface area (Å²) in [6, 6.07) is 19.0. The summed E-state index contributed by atoms with van der Waals surface area (Å²) in [5, 5.41) is 42.3. The Labute approximate surface area is 386 Å². The van der Waals surface area contributed by atoms with Crippen LogP contribution in [0.1, 0.15) is 111 Å². The first-order valence-electron chi connectivity index (χ1n) is 22.9. The number of nitrogens with zero attached hydrogens (tertiary/aromatic N) is 1. The van der Waals surface area contributed by atoms with Crippen LogP contribution in [0.15, 0.2) is 84.9 Å². The van der Waals surface area contributed by atoms with E-state index in [1.807, 2.05) is 12.1 Å². The Morgan fingerprint density at radius 1 is 0.788 bits per heavy atom. The number of fused-ring (bicyclic) bond motifs is 5. The number of carboxylic acid groups (broad SMARTS) is 1. The van der Waals surface area contributed by atoms with Gasteiger partial charge in [-0.2, -0.15) is 0 Å². The molecule has 0 saturated heterocycles. The van der Waals surface area contributed by atoms with Crippen LogP contribution in [0, 0.1) is 0 Å². The summed E-state index contributed by atoms with van der Waals surface area (Å²) < 4.78 is 0. The molecule has 0 aromatic heterocycles. The van der Waals surface area contributed by atoms with E-state index in [0.717, 1.165) is 22.4 Å². The third-order valence-electron chi connectivity index (χ3n) is 11.9. The lowest BCUT2D eigenvalue weighted by Gasteiger charge is -2.32. The zero-order chi connectivity index (χ0) is 47.8. The first-order valence-corrected chi connectivity index (χ1v) is 22.9. The number of hydrogen-bond acceptors (Lipinski definition) is 9. The average molecular weight is 905 g/mol. The van der Waals surface area contributed by atoms with Gasteiger partial charge in [0.2, 0.25) is 23.6 Å². The normalized spacial score (nSPS) is 16.5. The Morgan fingerprint density at radius 2 is 1.42 bits per heavy atom. The van der Waals surface area contributed by atoms with Crippen LogP contribution in [0.5, 0.6) is 11.5 Å². The van der Waals surface area contributed by atoms with Crippen molar-refractivity contribution >= 4 is 35.5 Å². The standard InChI is InChI=1S/C51H64N6O9/c1-4-5-6-7-8-9-12-33-14-17-35(18-15-33)36-19-21-37(22-20-36)48(62)53-28-26-45(60)55-41(13-10-11-27-52)50(64)57(3)46-38-23-25-44(59)40(31-38)39-29-34(16-24-43(39)58)30-42(51(65)66)56-47(61)32(2)54-49(46)63/h14-25,29,31-32,41-42,46,58-59H,4-13,26-28,30,52H2,1-3H3,(H,53,62)(H,54,63)(H,55,60)(H,56,61)(H,65,66)/t32-,41-,42-,46-/m0/s1. The van der Waals surface area contributed by atoms with Gasteiger partial charge >= 0.3 is 5.97 Å². The molecule has 4 atom stereocenters. The van der Waals surface area contributed by atoms with Gasteiger partial charge in [0.25, 0.3) is 5.91 Å². The molecule has 66 heavy (non-hydrogen) atoms. The quantitative estimate of drug-likeness (QED) is 0.0489. The highest BCUT2D eigenvalue weighted by atomic mass is 16.4. The van der Waals surface area contributed by atoms with Crippen LogP contribution < -0.4 is 27.0 Å². The van der Waals surface area contributed by atoms with Crippen molar-refractivity contribution in [1.29, 1.82) is 0 Å². The number of phenols is 2. The maximum atomic E-state index is 14.4. The van der Waals surface area contributed by atoms with Crippen molar-refractivity contribution in [2.24, 2.45) is 5.73 Å². The van der Waals surface area contributed by atoms with Crippen molar-refractivity contribution in [3.63, 3.8) is 0 Å². The van der Waals surface area contributed by atoms with Crippen LogP contribution >= 0.6 is 0 Å². The molecule has 9 N–H and O–H groups in total. The summed E-state index contributed by atoms with van der Waals surface area (Å²) in [6.07, 6.45) is 9.42. The highest BCUT2D eigenvalue weighted by molar-refractivity contribution is 5.97. The van der Waals surface area contributed by atoms with E-state index >= 15 is 0 Å². The Morgan fingerprint density at radius 3 is 2.09 bits per heavy atom. The van der Waals surface area contributed by atoms with Crippen molar-refractivity contribution in [3.05, 3.63) is 107 Å². The van der Waals surface area contributed by atoms with Crippen molar-refractivity contribution in [1.82, 2.24) is 26.2 Å². The van der Waals surface area contributed by atoms with Crippen LogP contribution in [-0.2, 0) is 36.8 Å². The molecule has 0 unspecified atom stereocenters. The smallest absolute Gasteiger partial charge is 0.326 e. The Bertz CT molecular complexity index is 2320. The minimum absolute atomic E-state index is 0.0237. The molecule has 0 spiro atoms. The predicted molar refractivity (Wildman–Crippen MR) is 252 cm³/mol. The zero-order valence-corrected chi connectivity index (χ0v) is 38.1. The highest BCUT2D eigenvalue weighted by Crippen LogP contribution is 2.39. The third kappa shape index (κ3) is 13.9. The lowest BCUT2D eigenvalue weighted by molar-refractivity contribution is -0.144. The molecule has 1 aliphatic heterocycles. The van der Waals surface area contributed by atoms with E-state index in [9.17, 15) is 44.1 Å². The first kappa shape index (κ1) is 50.3. The largest absolute Gasteiger partial charge is 0.507 e. The molecule has 0 fully saturated rings. The summed E-state index contributed by atoms with van der Waals surface area (Å²) >= 11 is 0. The number of nitrogens with one attached hydrogen (secondary N) is 4. The summed E-state index contributed by atoms with van der Waals surface area (Å²) in [5.41, 5.74) is 10.4. The van der Waals surface area contributed by atoms with Crippen molar-refractivity contribution < 1.29 is 44.1 Å². The van der Waals surface area contributed by atoms with Gasteiger partial charge in [-0.1, -0.05) is 87.6 Å². The van der Waals surface area contributed by atoms with Crippen LogP contribution in [0.2, 0.25) is 0 Å². The number of aromatic hydroxyl groups is 2. The molecule has 4 aromatic rings.